The van der Waals surface area contributed by atoms with Gasteiger partial charge in [-0.25, -0.2) is 16.8 Å². The molecule has 162 valence electrons. The van der Waals surface area contributed by atoms with Crippen molar-refractivity contribution in [3.8, 4) is 0 Å². The number of hydrazone groups is 1. The molecule has 0 fully saturated rings. The van der Waals surface area contributed by atoms with Gasteiger partial charge < -0.3 is 4.42 Å². The van der Waals surface area contributed by atoms with Gasteiger partial charge >= 0.3 is 0 Å². The van der Waals surface area contributed by atoms with Crippen molar-refractivity contribution in [3.05, 3.63) is 83.8 Å². The van der Waals surface area contributed by atoms with Crippen LogP contribution in [0.25, 0.3) is 0 Å². The van der Waals surface area contributed by atoms with Gasteiger partial charge in [-0.3, -0.25) is 4.72 Å². The van der Waals surface area contributed by atoms with E-state index in [4.69, 9.17) is 4.42 Å². The minimum atomic E-state index is -3.76. The second kappa shape index (κ2) is 7.86. The molecular weight excluding hydrogens is 438 g/mol. The molecule has 1 atom stereocenters. The first-order chi connectivity index (χ1) is 14.6. The number of nitrogens with zero attached hydrogens (tertiary/aromatic N) is 2. The van der Waals surface area contributed by atoms with Gasteiger partial charge in [0.05, 0.1) is 23.1 Å². The summed E-state index contributed by atoms with van der Waals surface area (Å²) in [6, 6.07) is 16.1. The van der Waals surface area contributed by atoms with Gasteiger partial charge in [0.2, 0.25) is 10.0 Å². The fraction of sp³-hybridized carbons (Fsp3) is 0.190. The van der Waals surface area contributed by atoms with Crippen LogP contribution in [0.5, 0.6) is 0 Å². The summed E-state index contributed by atoms with van der Waals surface area (Å²) in [4.78, 5) is 0.155. The van der Waals surface area contributed by atoms with Crippen LogP contribution >= 0.6 is 0 Å². The molecule has 4 rings (SSSR count). The zero-order chi connectivity index (χ0) is 22.2. The summed E-state index contributed by atoms with van der Waals surface area (Å²) < 4.78 is 58.9. The highest BCUT2D eigenvalue weighted by molar-refractivity contribution is 7.92. The Morgan fingerprint density at radius 2 is 1.77 bits per heavy atom. The highest BCUT2D eigenvalue weighted by Gasteiger charge is 2.36. The Kier molecular flexibility index (Phi) is 5.36. The van der Waals surface area contributed by atoms with E-state index in [1.165, 1.54) is 6.26 Å². The molecule has 10 heteroatoms. The zero-order valence-electron chi connectivity index (χ0n) is 16.9. The monoisotopic (exact) mass is 459 g/mol. The first-order valence-corrected chi connectivity index (χ1v) is 12.8. The highest BCUT2D eigenvalue weighted by Crippen LogP contribution is 2.35. The van der Waals surface area contributed by atoms with Gasteiger partial charge in [0.15, 0.2) is 0 Å². The maximum Gasteiger partial charge on any atom is 0.261 e. The molecule has 0 radical (unpaired) electrons. The van der Waals surface area contributed by atoms with E-state index in [1.807, 2.05) is 6.92 Å². The molecule has 0 saturated carbocycles. The van der Waals surface area contributed by atoms with Gasteiger partial charge in [0, 0.05) is 12.1 Å². The van der Waals surface area contributed by atoms with Crippen LogP contribution in [0.4, 0.5) is 5.69 Å². The van der Waals surface area contributed by atoms with E-state index in [9.17, 15) is 16.8 Å². The van der Waals surface area contributed by atoms with Crippen molar-refractivity contribution in [2.24, 2.45) is 5.10 Å². The van der Waals surface area contributed by atoms with Crippen molar-refractivity contribution in [1.82, 2.24) is 4.41 Å². The lowest BCUT2D eigenvalue weighted by Crippen LogP contribution is -2.25. The SMILES string of the molecule is Cc1ccc(S(=O)(=O)Nc2cccc(C3=NN(S(C)(=O)=O)[C@H](c4ccco4)C3)c2)cc1. The molecule has 0 unspecified atom stereocenters. The summed E-state index contributed by atoms with van der Waals surface area (Å²) in [6.07, 6.45) is 2.87. The number of aryl methyl sites for hydroxylation is 1. The van der Waals surface area contributed by atoms with Crippen molar-refractivity contribution < 1.29 is 21.3 Å². The van der Waals surface area contributed by atoms with E-state index in [1.54, 1.807) is 60.7 Å². The molecule has 1 aliphatic heterocycles. The van der Waals surface area contributed by atoms with Gasteiger partial charge in [-0.05, 0) is 48.9 Å². The van der Waals surface area contributed by atoms with Crippen LogP contribution in [0.1, 0.15) is 29.3 Å². The van der Waals surface area contributed by atoms with Gasteiger partial charge in [0.25, 0.3) is 10.0 Å². The van der Waals surface area contributed by atoms with E-state index in [2.05, 4.69) is 9.82 Å². The number of sulfonamides is 2. The number of rotatable bonds is 6. The van der Waals surface area contributed by atoms with E-state index >= 15 is 0 Å². The topological polar surface area (TPSA) is 109 Å². The zero-order valence-corrected chi connectivity index (χ0v) is 18.5. The predicted molar refractivity (Wildman–Crippen MR) is 118 cm³/mol. The molecule has 0 amide bonds. The molecule has 2 heterocycles. The average Bonchev–Trinajstić information content (AvgIpc) is 3.38. The van der Waals surface area contributed by atoms with Crippen molar-refractivity contribution in [3.63, 3.8) is 0 Å². The molecule has 0 aliphatic carbocycles. The van der Waals surface area contributed by atoms with E-state index in [0.717, 1.165) is 16.2 Å². The Morgan fingerprint density at radius 3 is 2.42 bits per heavy atom. The Bertz CT molecular complexity index is 1330. The number of hydrogen-bond donors (Lipinski definition) is 1. The summed E-state index contributed by atoms with van der Waals surface area (Å²) in [7, 11) is -7.38. The first-order valence-electron chi connectivity index (χ1n) is 9.44. The van der Waals surface area contributed by atoms with Crippen LogP contribution in [-0.4, -0.2) is 33.2 Å². The normalized spacial score (nSPS) is 16.9. The molecule has 1 aromatic heterocycles. The molecule has 1 aliphatic rings. The van der Waals surface area contributed by atoms with Gasteiger partial charge in [0.1, 0.15) is 11.8 Å². The average molecular weight is 460 g/mol. The Hall–Kier alpha value is -3.11. The van der Waals surface area contributed by atoms with E-state index < -0.39 is 26.1 Å². The van der Waals surface area contributed by atoms with Gasteiger partial charge in [-0.1, -0.05) is 29.8 Å². The largest absolute Gasteiger partial charge is 0.467 e. The lowest BCUT2D eigenvalue weighted by molar-refractivity contribution is 0.322. The lowest BCUT2D eigenvalue weighted by Gasteiger charge is -2.18. The third-order valence-corrected chi connectivity index (χ3v) is 7.28. The first kappa shape index (κ1) is 21.1. The smallest absolute Gasteiger partial charge is 0.261 e. The Labute approximate surface area is 181 Å². The standard InChI is InChI=1S/C21H21N3O5S2/c1-15-8-10-18(11-9-15)31(27,28)23-17-6-3-5-16(13-17)19-14-20(21-7-4-12-29-21)24(22-19)30(2,25)26/h3-13,20,23H,14H2,1-2H3/t20-/m0/s1. The minimum absolute atomic E-state index is 0.155. The Balaban J connectivity index is 1.63. The van der Waals surface area contributed by atoms with Crippen molar-refractivity contribution in [2.45, 2.75) is 24.3 Å². The lowest BCUT2D eigenvalue weighted by atomic mass is 10.0. The fourth-order valence-corrected chi connectivity index (χ4v) is 5.29. The summed E-state index contributed by atoms with van der Waals surface area (Å²) in [5, 5.41) is 4.30. The number of nitrogens with one attached hydrogen (secondary N) is 1. The third-order valence-electron chi connectivity index (χ3n) is 4.86. The molecule has 3 aromatic rings. The quantitative estimate of drug-likeness (QED) is 0.607. The molecular formula is C21H21N3O5S2. The number of furan rings is 1. The fourth-order valence-electron chi connectivity index (χ4n) is 3.36. The van der Waals surface area contributed by atoms with Crippen LogP contribution in [0.3, 0.4) is 0 Å². The summed E-state index contributed by atoms with van der Waals surface area (Å²) in [5.41, 5.74) is 2.45. The molecule has 31 heavy (non-hydrogen) atoms. The minimum Gasteiger partial charge on any atom is -0.467 e. The van der Waals surface area contributed by atoms with Crippen molar-refractivity contribution >= 4 is 31.4 Å². The molecule has 0 saturated heterocycles. The second-order valence-electron chi connectivity index (χ2n) is 7.32. The predicted octanol–water partition coefficient (Wildman–Crippen LogP) is 3.50. The second-order valence-corrected chi connectivity index (χ2v) is 10.8. The molecule has 1 N–H and O–H groups in total. The third kappa shape index (κ3) is 4.49. The van der Waals surface area contributed by atoms with Gasteiger partial charge in [-0.2, -0.15) is 9.52 Å². The Morgan fingerprint density at radius 1 is 1.03 bits per heavy atom. The van der Waals surface area contributed by atoms with E-state index in [0.29, 0.717) is 29.1 Å². The number of benzene rings is 2. The maximum atomic E-state index is 12.7. The summed E-state index contributed by atoms with van der Waals surface area (Å²) >= 11 is 0. The highest BCUT2D eigenvalue weighted by atomic mass is 32.2. The van der Waals surface area contributed by atoms with Crippen molar-refractivity contribution in [1.29, 1.82) is 0 Å². The van der Waals surface area contributed by atoms with Crippen LogP contribution in [0.15, 0.2) is 81.3 Å². The number of hydrogen-bond acceptors (Lipinski definition) is 6. The van der Waals surface area contributed by atoms with Crippen LogP contribution in [0, 0.1) is 6.92 Å². The summed E-state index contributed by atoms with van der Waals surface area (Å²) in [5.74, 6) is 0.486. The molecule has 8 nitrogen and oxygen atoms in total. The summed E-state index contributed by atoms with van der Waals surface area (Å²) in [6.45, 7) is 1.88. The maximum absolute atomic E-state index is 12.7. The van der Waals surface area contributed by atoms with Crippen LogP contribution < -0.4 is 4.72 Å². The van der Waals surface area contributed by atoms with Crippen LogP contribution in [0.2, 0.25) is 0 Å². The van der Waals surface area contributed by atoms with Crippen molar-refractivity contribution in [2.75, 3.05) is 11.0 Å². The molecule has 2 aromatic carbocycles. The van der Waals surface area contributed by atoms with Gasteiger partial charge in [-0.15, -0.1) is 0 Å². The number of anilines is 1. The van der Waals surface area contributed by atoms with Crippen LogP contribution in [-0.2, 0) is 20.0 Å². The van der Waals surface area contributed by atoms with E-state index in [-0.39, 0.29) is 4.90 Å². The molecule has 0 spiro atoms. The molecule has 0 bridgehead atoms.